The van der Waals surface area contributed by atoms with Crippen molar-refractivity contribution < 1.29 is 19.1 Å². The number of allylic oxidation sites excluding steroid dienone is 1. The topological polar surface area (TPSA) is 88.8 Å². The minimum Gasteiger partial charge on any atom is -0.458 e. The number of rotatable bonds is 2. The number of nitrogens with one attached hydrogen (secondary N) is 1. The van der Waals surface area contributed by atoms with Crippen molar-refractivity contribution in [3.63, 3.8) is 0 Å². The number of carbonyl (C=O) groups excluding carboxylic acids is 1. The number of hydrogen-bond donors (Lipinski definition) is 2. The third-order valence-corrected chi connectivity index (χ3v) is 11.1. The van der Waals surface area contributed by atoms with E-state index in [1.807, 2.05) is 6.92 Å². The van der Waals surface area contributed by atoms with Crippen LogP contribution in [0.15, 0.2) is 39.3 Å². The van der Waals surface area contributed by atoms with Crippen LogP contribution in [0.1, 0.15) is 96.5 Å². The van der Waals surface area contributed by atoms with Crippen LogP contribution in [0.3, 0.4) is 0 Å². The van der Waals surface area contributed by atoms with E-state index in [0.29, 0.717) is 11.8 Å². The minimum absolute atomic E-state index is 0.0144. The monoisotopic (exact) mass is 525 g/mol. The van der Waals surface area contributed by atoms with Crippen LogP contribution >= 0.6 is 0 Å². The highest BCUT2D eigenvalue weighted by atomic mass is 16.5. The molecule has 6 atom stereocenters. The largest absolute Gasteiger partial charge is 0.458 e. The van der Waals surface area contributed by atoms with Gasteiger partial charge in [-0.05, 0) is 125 Å². The Bertz CT molecular complexity index is 1070. The molecule has 0 radical (unpaired) electrons. The summed E-state index contributed by atoms with van der Waals surface area (Å²) < 4.78 is 10.5. The predicted molar refractivity (Wildman–Crippen MR) is 148 cm³/mol. The Morgan fingerprint density at radius 3 is 2.47 bits per heavy atom. The SMILES string of the molecule is CC12CCC(OC(=O)C3CCNCC3)C=C1CCC1C2CCC2(C)CCCCC12O.Cc1ccc(=O)oc1. The quantitative estimate of drug-likeness (QED) is 0.380. The summed E-state index contributed by atoms with van der Waals surface area (Å²) in [6.45, 7) is 8.54. The van der Waals surface area contributed by atoms with Crippen molar-refractivity contribution in [1.82, 2.24) is 5.32 Å². The lowest BCUT2D eigenvalue weighted by molar-refractivity contribution is -0.208. The van der Waals surface area contributed by atoms with E-state index in [0.717, 1.165) is 63.6 Å². The summed E-state index contributed by atoms with van der Waals surface area (Å²) in [5.41, 5.74) is 2.00. The molecule has 0 bridgehead atoms. The Kier molecular flexibility index (Phi) is 7.94. The molecule has 6 nitrogen and oxygen atoms in total. The van der Waals surface area contributed by atoms with Crippen LogP contribution in [-0.2, 0) is 9.53 Å². The second-order valence-electron chi connectivity index (χ2n) is 13.3. The Labute approximate surface area is 227 Å². The fourth-order valence-corrected chi connectivity index (χ4v) is 8.64. The summed E-state index contributed by atoms with van der Waals surface area (Å²) in [6.07, 6.45) is 16.8. The van der Waals surface area contributed by atoms with Crippen LogP contribution in [0, 0.1) is 35.5 Å². The van der Waals surface area contributed by atoms with Crippen molar-refractivity contribution in [3.8, 4) is 0 Å². The lowest BCUT2D eigenvalue weighted by Gasteiger charge is -2.64. The van der Waals surface area contributed by atoms with Gasteiger partial charge in [0.2, 0.25) is 0 Å². The van der Waals surface area contributed by atoms with Gasteiger partial charge in [0, 0.05) is 6.07 Å². The number of aliphatic hydroxyl groups is 1. The highest BCUT2D eigenvalue weighted by Gasteiger charge is 2.62. The predicted octanol–water partition coefficient (Wildman–Crippen LogP) is 5.70. The van der Waals surface area contributed by atoms with E-state index in [1.165, 1.54) is 50.0 Å². The van der Waals surface area contributed by atoms with Crippen molar-refractivity contribution in [2.75, 3.05) is 13.1 Å². The molecule has 2 N–H and O–H groups in total. The van der Waals surface area contributed by atoms with E-state index in [9.17, 15) is 14.7 Å². The molecule has 6 rings (SSSR count). The molecule has 1 aliphatic heterocycles. The summed E-state index contributed by atoms with van der Waals surface area (Å²) >= 11 is 0. The van der Waals surface area contributed by atoms with Gasteiger partial charge in [0.1, 0.15) is 6.10 Å². The first kappa shape index (κ1) is 27.6. The average Bonchev–Trinajstić information content (AvgIpc) is 2.91. The first-order valence-electron chi connectivity index (χ1n) is 15.0. The van der Waals surface area contributed by atoms with E-state index in [1.54, 1.807) is 6.07 Å². The van der Waals surface area contributed by atoms with Crippen LogP contribution in [0.4, 0.5) is 0 Å². The van der Waals surface area contributed by atoms with E-state index in [2.05, 4.69) is 29.7 Å². The number of carbonyl (C=O) groups is 1. The van der Waals surface area contributed by atoms with Gasteiger partial charge in [0.05, 0.1) is 17.8 Å². The van der Waals surface area contributed by atoms with Gasteiger partial charge < -0.3 is 19.6 Å². The fraction of sp³-hybridized carbons (Fsp3) is 0.750. The molecule has 1 aromatic heterocycles. The zero-order chi connectivity index (χ0) is 27.0. The lowest BCUT2D eigenvalue weighted by atomic mass is 9.43. The van der Waals surface area contributed by atoms with Gasteiger partial charge in [0.15, 0.2) is 0 Å². The molecule has 210 valence electrons. The molecule has 3 saturated carbocycles. The van der Waals surface area contributed by atoms with Crippen LogP contribution in [0.25, 0.3) is 0 Å². The Morgan fingerprint density at radius 2 is 1.76 bits per heavy atom. The van der Waals surface area contributed by atoms with Crippen LogP contribution in [0.2, 0.25) is 0 Å². The molecule has 0 amide bonds. The molecule has 5 aliphatic rings. The van der Waals surface area contributed by atoms with Crippen molar-refractivity contribution in [1.29, 1.82) is 0 Å². The summed E-state index contributed by atoms with van der Waals surface area (Å²) in [5.74, 6) is 1.10. The van der Waals surface area contributed by atoms with Crippen molar-refractivity contribution in [2.45, 2.75) is 110 Å². The molecular formula is C32H47NO5. The summed E-state index contributed by atoms with van der Waals surface area (Å²) in [5, 5.41) is 15.3. The summed E-state index contributed by atoms with van der Waals surface area (Å²) in [4.78, 5) is 22.9. The Morgan fingerprint density at radius 1 is 1.00 bits per heavy atom. The van der Waals surface area contributed by atoms with E-state index in [4.69, 9.17) is 4.74 Å². The van der Waals surface area contributed by atoms with Crippen LogP contribution in [-0.4, -0.2) is 35.9 Å². The Hall–Kier alpha value is -1.92. The number of ether oxygens (including phenoxy) is 1. The number of aryl methyl sites for hydroxylation is 1. The molecule has 4 fully saturated rings. The molecule has 6 unspecified atom stereocenters. The van der Waals surface area contributed by atoms with Gasteiger partial charge in [0.25, 0.3) is 0 Å². The van der Waals surface area contributed by atoms with Gasteiger partial charge in [-0.3, -0.25) is 4.79 Å². The van der Waals surface area contributed by atoms with Crippen LogP contribution in [0.5, 0.6) is 0 Å². The molecule has 38 heavy (non-hydrogen) atoms. The maximum Gasteiger partial charge on any atom is 0.335 e. The zero-order valence-corrected chi connectivity index (χ0v) is 23.6. The third-order valence-electron chi connectivity index (χ3n) is 11.1. The average molecular weight is 526 g/mol. The fourth-order valence-electron chi connectivity index (χ4n) is 8.64. The van der Waals surface area contributed by atoms with Gasteiger partial charge in [-0.2, -0.15) is 0 Å². The summed E-state index contributed by atoms with van der Waals surface area (Å²) in [7, 11) is 0. The number of piperidine rings is 1. The highest BCUT2D eigenvalue weighted by Crippen LogP contribution is 2.66. The normalized spacial score (nSPS) is 38.8. The first-order valence-corrected chi connectivity index (χ1v) is 15.0. The lowest BCUT2D eigenvalue weighted by Crippen LogP contribution is -2.62. The molecule has 1 aromatic rings. The van der Waals surface area contributed by atoms with Crippen molar-refractivity contribution in [2.24, 2.45) is 28.6 Å². The first-order chi connectivity index (χ1) is 18.1. The Balaban J connectivity index is 0.000000316. The third kappa shape index (κ3) is 5.15. The summed E-state index contributed by atoms with van der Waals surface area (Å²) in [6, 6.07) is 3.11. The molecule has 6 heteroatoms. The van der Waals surface area contributed by atoms with Crippen LogP contribution < -0.4 is 10.9 Å². The number of esters is 1. The van der Waals surface area contributed by atoms with Crippen molar-refractivity contribution >= 4 is 5.97 Å². The second kappa shape index (κ2) is 10.9. The van der Waals surface area contributed by atoms with E-state index >= 15 is 0 Å². The van der Waals surface area contributed by atoms with E-state index < -0.39 is 5.60 Å². The number of hydrogen-bond acceptors (Lipinski definition) is 6. The molecule has 4 aliphatic carbocycles. The maximum absolute atomic E-state index is 12.7. The molecule has 2 heterocycles. The molecule has 1 saturated heterocycles. The molecule has 0 spiro atoms. The molecular weight excluding hydrogens is 478 g/mol. The van der Waals surface area contributed by atoms with Gasteiger partial charge in [-0.1, -0.05) is 32.3 Å². The molecule has 0 aromatic carbocycles. The highest BCUT2D eigenvalue weighted by molar-refractivity contribution is 5.73. The van der Waals surface area contributed by atoms with Gasteiger partial charge in [-0.25, -0.2) is 4.79 Å². The minimum atomic E-state index is -0.471. The van der Waals surface area contributed by atoms with Gasteiger partial charge >= 0.3 is 11.6 Å². The second-order valence-corrected chi connectivity index (χ2v) is 13.3. The van der Waals surface area contributed by atoms with E-state index in [-0.39, 0.29) is 34.4 Å². The van der Waals surface area contributed by atoms with Gasteiger partial charge in [-0.15, -0.1) is 0 Å². The van der Waals surface area contributed by atoms with Crippen molar-refractivity contribution in [3.05, 3.63) is 46.0 Å². The standard InChI is InChI=1S/C26H41NO3.C6H6O2/c1-24-11-3-4-12-26(24,29)22-6-5-19-17-20(7-14-25(19,2)21(22)8-13-24)30-23(28)18-9-15-27-16-10-18;1-5-2-3-6(7)8-4-5/h17-18,20-22,27,29H,3-16H2,1-2H3;2-4H,1H3. The number of fused-ring (bicyclic) bond motifs is 5. The maximum atomic E-state index is 12.7. The smallest absolute Gasteiger partial charge is 0.335 e. The zero-order valence-electron chi connectivity index (χ0n) is 23.6.